The fourth-order valence-electron chi connectivity index (χ4n) is 1.83. The summed E-state index contributed by atoms with van der Waals surface area (Å²) in [6, 6.07) is 4.96. The molecule has 0 bridgehead atoms. The molecule has 1 atom stereocenters. The smallest absolute Gasteiger partial charge is 0.242 e. The van der Waals surface area contributed by atoms with Gasteiger partial charge in [0.25, 0.3) is 0 Å². The van der Waals surface area contributed by atoms with Gasteiger partial charge in [0.1, 0.15) is 11.6 Å². The van der Waals surface area contributed by atoms with Crippen LogP contribution in [0.5, 0.6) is 0 Å². The number of carbonyl (C=O) groups is 1. The topological polar surface area (TPSA) is 72.9 Å². The van der Waals surface area contributed by atoms with Gasteiger partial charge < -0.3 is 11.1 Å². The van der Waals surface area contributed by atoms with Crippen LogP contribution in [0.3, 0.4) is 0 Å². The Bertz CT molecular complexity index is 578. The molecule has 2 rings (SSSR count). The van der Waals surface area contributed by atoms with Gasteiger partial charge in [0.2, 0.25) is 11.9 Å². The van der Waals surface area contributed by atoms with Crippen LogP contribution in [-0.4, -0.2) is 22.5 Å². The van der Waals surface area contributed by atoms with E-state index < -0.39 is 6.04 Å². The van der Waals surface area contributed by atoms with E-state index in [2.05, 4.69) is 10.3 Å². The Balaban J connectivity index is 2.65. The SMILES string of the molecule is CNC(=O)C(C)n1c(N)nc2c(Cl)cccc21. The van der Waals surface area contributed by atoms with E-state index in [1.54, 1.807) is 30.7 Å². The number of likely N-dealkylation sites (N-methyl/N-ethyl adjacent to an activating group) is 1. The zero-order valence-electron chi connectivity index (χ0n) is 9.57. The van der Waals surface area contributed by atoms with E-state index in [0.717, 1.165) is 5.52 Å². The zero-order valence-corrected chi connectivity index (χ0v) is 10.3. The molecule has 0 aliphatic carbocycles. The first-order valence-electron chi connectivity index (χ1n) is 5.19. The minimum absolute atomic E-state index is 0.129. The summed E-state index contributed by atoms with van der Waals surface area (Å²) in [5.74, 6) is 0.153. The fraction of sp³-hybridized carbons (Fsp3) is 0.273. The van der Waals surface area contributed by atoms with E-state index in [-0.39, 0.29) is 11.9 Å². The average molecular weight is 253 g/mol. The van der Waals surface area contributed by atoms with Crippen LogP contribution in [0.15, 0.2) is 18.2 Å². The lowest BCUT2D eigenvalue weighted by Gasteiger charge is -2.14. The molecule has 0 saturated carbocycles. The highest BCUT2D eigenvalue weighted by Gasteiger charge is 2.20. The molecule has 6 heteroatoms. The van der Waals surface area contributed by atoms with E-state index in [1.165, 1.54) is 0 Å². The summed E-state index contributed by atoms with van der Waals surface area (Å²) in [7, 11) is 1.58. The average Bonchev–Trinajstić information content (AvgIpc) is 2.65. The quantitative estimate of drug-likeness (QED) is 0.852. The van der Waals surface area contributed by atoms with Crippen LogP contribution in [0.1, 0.15) is 13.0 Å². The largest absolute Gasteiger partial charge is 0.369 e. The highest BCUT2D eigenvalue weighted by molar-refractivity contribution is 6.35. The lowest BCUT2D eigenvalue weighted by Crippen LogP contribution is -2.28. The highest BCUT2D eigenvalue weighted by Crippen LogP contribution is 2.27. The first-order valence-corrected chi connectivity index (χ1v) is 5.57. The monoisotopic (exact) mass is 252 g/mol. The number of amides is 1. The van der Waals surface area contributed by atoms with Crippen molar-refractivity contribution in [3.8, 4) is 0 Å². The number of fused-ring (bicyclic) bond motifs is 1. The van der Waals surface area contributed by atoms with E-state index >= 15 is 0 Å². The van der Waals surface area contributed by atoms with Crippen LogP contribution >= 0.6 is 11.6 Å². The Hall–Kier alpha value is -1.75. The number of imidazole rings is 1. The molecule has 0 fully saturated rings. The second kappa shape index (κ2) is 4.25. The summed E-state index contributed by atoms with van der Waals surface area (Å²) in [6.45, 7) is 1.76. The van der Waals surface area contributed by atoms with Crippen LogP contribution in [-0.2, 0) is 4.79 Å². The number of aromatic nitrogens is 2. The van der Waals surface area contributed by atoms with E-state index in [1.807, 2.05) is 6.07 Å². The molecule has 0 aliphatic heterocycles. The molecule has 17 heavy (non-hydrogen) atoms. The summed E-state index contributed by atoms with van der Waals surface area (Å²) >= 11 is 6.03. The Morgan fingerprint density at radius 3 is 2.94 bits per heavy atom. The molecular weight excluding hydrogens is 240 g/mol. The predicted octanol–water partition coefficient (Wildman–Crippen LogP) is 1.58. The maximum Gasteiger partial charge on any atom is 0.242 e. The van der Waals surface area contributed by atoms with Crippen LogP contribution in [0.25, 0.3) is 11.0 Å². The summed E-state index contributed by atoms with van der Waals surface area (Å²) in [4.78, 5) is 15.8. The number of rotatable bonds is 2. The number of carbonyl (C=O) groups excluding carboxylic acids is 1. The van der Waals surface area contributed by atoms with Gasteiger partial charge in [-0.25, -0.2) is 4.98 Å². The second-order valence-electron chi connectivity index (χ2n) is 3.74. The normalized spacial score (nSPS) is 12.6. The number of hydrogen-bond acceptors (Lipinski definition) is 3. The maximum absolute atomic E-state index is 11.6. The number of nitrogens with two attached hydrogens (primary N) is 1. The van der Waals surface area contributed by atoms with Crippen molar-refractivity contribution < 1.29 is 4.79 Å². The third kappa shape index (κ3) is 1.82. The summed E-state index contributed by atoms with van der Waals surface area (Å²) in [6.07, 6.45) is 0. The van der Waals surface area contributed by atoms with Gasteiger partial charge in [0.05, 0.1) is 10.5 Å². The summed E-state index contributed by atoms with van der Waals surface area (Å²) in [5.41, 5.74) is 7.20. The van der Waals surface area contributed by atoms with Gasteiger partial charge in [-0.3, -0.25) is 9.36 Å². The fourth-order valence-corrected chi connectivity index (χ4v) is 2.05. The Morgan fingerprint density at radius 1 is 1.59 bits per heavy atom. The number of anilines is 1. The van der Waals surface area contributed by atoms with Crippen molar-refractivity contribution in [2.45, 2.75) is 13.0 Å². The Labute approximate surface area is 104 Å². The molecular formula is C11H13ClN4O. The van der Waals surface area contributed by atoms with Gasteiger partial charge in [-0.05, 0) is 19.1 Å². The Kier molecular flexibility index (Phi) is 2.93. The molecule has 1 unspecified atom stereocenters. The van der Waals surface area contributed by atoms with Crippen molar-refractivity contribution in [3.63, 3.8) is 0 Å². The molecule has 1 amide bonds. The standard InChI is InChI=1S/C11H13ClN4O/c1-6(10(17)14-2)16-8-5-3-4-7(12)9(8)15-11(16)13/h3-6H,1-2H3,(H2,13,15)(H,14,17). The molecule has 1 aromatic heterocycles. The molecule has 0 spiro atoms. The van der Waals surface area contributed by atoms with Crippen LogP contribution in [0.2, 0.25) is 5.02 Å². The number of nitrogens with zero attached hydrogens (tertiary/aromatic N) is 2. The number of benzene rings is 1. The van der Waals surface area contributed by atoms with Crippen molar-refractivity contribution in [3.05, 3.63) is 23.2 Å². The molecule has 0 radical (unpaired) electrons. The molecule has 2 aromatic rings. The number of para-hydroxylation sites is 1. The van der Waals surface area contributed by atoms with Crippen LogP contribution in [0, 0.1) is 0 Å². The van der Waals surface area contributed by atoms with Crippen molar-refractivity contribution >= 4 is 34.5 Å². The molecule has 5 nitrogen and oxygen atoms in total. The molecule has 0 saturated heterocycles. The van der Waals surface area contributed by atoms with Crippen LogP contribution in [0.4, 0.5) is 5.95 Å². The zero-order chi connectivity index (χ0) is 12.6. The third-order valence-electron chi connectivity index (χ3n) is 2.71. The first-order chi connectivity index (χ1) is 8.06. The summed E-state index contributed by atoms with van der Waals surface area (Å²) < 4.78 is 1.67. The number of nitrogen functional groups attached to an aromatic ring is 1. The maximum atomic E-state index is 11.6. The van der Waals surface area contributed by atoms with Gasteiger partial charge in [-0.2, -0.15) is 0 Å². The number of hydrogen-bond donors (Lipinski definition) is 2. The van der Waals surface area contributed by atoms with Gasteiger partial charge in [-0.1, -0.05) is 17.7 Å². The van der Waals surface area contributed by atoms with Crippen molar-refractivity contribution in [2.75, 3.05) is 12.8 Å². The predicted molar refractivity (Wildman–Crippen MR) is 67.9 cm³/mol. The van der Waals surface area contributed by atoms with Crippen molar-refractivity contribution in [1.82, 2.24) is 14.9 Å². The third-order valence-corrected chi connectivity index (χ3v) is 3.02. The molecule has 0 aliphatic rings. The van der Waals surface area contributed by atoms with Crippen LogP contribution < -0.4 is 11.1 Å². The van der Waals surface area contributed by atoms with Crippen molar-refractivity contribution in [1.29, 1.82) is 0 Å². The van der Waals surface area contributed by atoms with Gasteiger partial charge in [0, 0.05) is 7.05 Å². The van der Waals surface area contributed by atoms with E-state index in [4.69, 9.17) is 17.3 Å². The lowest BCUT2D eigenvalue weighted by molar-refractivity contribution is -0.123. The van der Waals surface area contributed by atoms with Gasteiger partial charge in [0.15, 0.2) is 0 Å². The second-order valence-corrected chi connectivity index (χ2v) is 4.14. The minimum atomic E-state index is -0.427. The molecule has 3 N–H and O–H groups in total. The lowest BCUT2D eigenvalue weighted by atomic mass is 10.2. The first kappa shape index (κ1) is 11.7. The molecule has 1 heterocycles. The number of halogens is 1. The summed E-state index contributed by atoms with van der Waals surface area (Å²) in [5, 5.41) is 3.11. The van der Waals surface area contributed by atoms with Gasteiger partial charge >= 0.3 is 0 Å². The van der Waals surface area contributed by atoms with E-state index in [9.17, 15) is 4.79 Å². The van der Waals surface area contributed by atoms with Crippen molar-refractivity contribution in [2.24, 2.45) is 0 Å². The minimum Gasteiger partial charge on any atom is -0.369 e. The van der Waals surface area contributed by atoms with E-state index in [0.29, 0.717) is 10.5 Å². The highest BCUT2D eigenvalue weighted by atomic mass is 35.5. The molecule has 1 aromatic carbocycles. The Morgan fingerprint density at radius 2 is 2.29 bits per heavy atom. The van der Waals surface area contributed by atoms with Gasteiger partial charge in [-0.15, -0.1) is 0 Å². The number of nitrogens with one attached hydrogen (secondary N) is 1. The molecule has 90 valence electrons.